The summed E-state index contributed by atoms with van der Waals surface area (Å²) in [5.41, 5.74) is 2.21. The van der Waals surface area contributed by atoms with Crippen LogP contribution < -0.4 is 5.32 Å². The maximum atomic E-state index is 11.8. The number of hydrogen-bond donors (Lipinski definition) is 1. The number of nitrogens with one attached hydrogen (secondary N) is 1. The van der Waals surface area contributed by atoms with Crippen molar-refractivity contribution in [3.8, 4) is 0 Å². The van der Waals surface area contributed by atoms with Gasteiger partial charge < -0.3 is 10.2 Å². The molecule has 1 unspecified atom stereocenters. The zero-order valence-corrected chi connectivity index (χ0v) is 8.45. The third-order valence-electron chi connectivity index (χ3n) is 2.57. The number of amides is 1. The molecule has 1 aliphatic heterocycles. The second-order valence-corrected chi connectivity index (χ2v) is 3.75. The van der Waals surface area contributed by atoms with Crippen LogP contribution in [0.4, 0.5) is 5.69 Å². The number of nitrogens with zero attached hydrogens (tertiary/aromatic N) is 1. The SMILES string of the molecule is CN(C)C(=O)C1CNc2ccccc21. The highest BCUT2D eigenvalue weighted by atomic mass is 16.2. The van der Waals surface area contributed by atoms with Crippen LogP contribution in [-0.2, 0) is 4.79 Å². The van der Waals surface area contributed by atoms with E-state index in [-0.39, 0.29) is 11.8 Å². The number of carbonyl (C=O) groups is 1. The fraction of sp³-hybridized carbons (Fsp3) is 0.364. The zero-order chi connectivity index (χ0) is 10.1. The van der Waals surface area contributed by atoms with Crippen molar-refractivity contribution in [1.29, 1.82) is 0 Å². The van der Waals surface area contributed by atoms with Crippen LogP contribution >= 0.6 is 0 Å². The number of hydrogen-bond acceptors (Lipinski definition) is 2. The van der Waals surface area contributed by atoms with Crippen molar-refractivity contribution in [2.24, 2.45) is 0 Å². The number of likely N-dealkylation sites (N-methyl/N-ethyl adjacent to an activating group) is 1. The Morgan fingerprint density at radius 1 is 1.43 bits per heavy atom. The van der Waals surface area contributed by atoms with Gasteiger partial charge in [-0.2, -0.15) is 0 Å². The van der Waals surface area contributed by atoms with Gasteiger partial charge in [0, 0.05) is 26.3 Å². The Balaban J connectivity index is 2.30. The predicted octanol–water partition coefficient (Wildman–Crippen LogP) is 1.28. The summed E-state index contributed by atoms with van der Waals surface area (Å²) in [5.74, 6) is 0.156. The van der Waals surface area contributed by atoms with Gasteiger partial charge in [-0.15, -0.1) is 0 Å². The molecule has 0 spiro atoms. The lowest BCUT2D eigenvalue weighted by Crippen LogP contribution is -2.29. The van der Waals surface area contributed by atoms with Crippen molar-refractivity contribution in [3.05, 3.63) is 29.8 Å². The quantitative estimate of drug-likeness (QED) is 0.723. The van der Waals surface area contributed by atoms with E-state index in [9.17, 15) is 4.79 Å². The van der Waals surface area contributed by atoms with Crippen LogP contribution in [0.3, 0.4) is 0 Å². The number of carbonyl (C=O) groups excluding carboxylic acids is 1. The third-order valence-corrected chi connectivity index (χ3v) is 2.57. The molecule has 0 saturated heterocycles. The van der Waals surface area contributed by atoms with Gasteiger partial charge in [0.1, 0.15) is 0 Å². The zero-order valence-electron chi connectivity index (χ0n) is 8.45. The average molecular weight is 190 g/mol. The van der Waals surface area contributed by atoms with Crippen LogP contribution in [0.25, 0.3) is 0 Å². The average Bonchev–Trinajstić information content (AvgIpc) is 2.60. The lowest BCUT2D eigenvalue weighted by atomic mass is 10.0. The maximum absolute atomic E-state index is 11.8. The monoisotopic (exact) mass is 190 g/mol. The number of anilines is 1. The second-order valence-electron chi connectivity index (χ2n) is 3.75. The van der Waals surface area contributed by atoms with Crippen molar-refractivity contribution in [2.45, 2.75) is 5.92 Å². The number of rotatable bonds is 1. The Bertz CT molecular complexity index is 360. The van der Waals surface area contributed by atoms with E-state index in [4.69, 9.17) is 0 Å². The fourth-order valence-electron chi connectivity index (χ4n) is 1.82. The molecule has 0 bridgehead atoms. The van der Waals surface area contributed by atoms with Crippen LogP contribution in [0.15, 0.2) is 24.3 Å². The minimum atomic E-state index is -0.0128. The van der Waals surface area contributed by atoms with Gasteiger partial charge in [0.25, 0.3) is 0 Å². The summed E-state index contributed by atoms with van der Waals surface area (Å²) >= 11 is 0. The summed E-state index contributed by atoms with van der Waals surface area (Å²) in [6.45, 7) is 0.719. The first-order chi connectivity index (χ1) is 6.70. The lowest BCUT2D eigenvalue weighted by molar-refractivity contribution is -0.129. The molecule has 1 N–H and O–H groups in total. The molecule has 0 radical (unpaired) electrons. The summed E-state index contributed by atoms with van der Waals surface area (Å²) in [5, 5.41) is 3.24. The molecular formula is C11H14N2O. The molecule has 0 aliphatic carbocycles. The Labute approximate surface area is 83.7 Å². The highest BCUT2D eigenvalue weighted by molar-refractivity contribution is 5.87. The lowest BCUT2D eigenvalue weighted by Gasteiger charge is -2.15. The van der Waals surface area contributed by atoms with Gasteiger partial charge in [-0.05, 0) is 11.6 Å². The fourth-order valence-corrected chi connectivity index (χ4v) is 1.82. The van der Waals surface area contributed by atoms with E-state index in [0.717, 1.165) is 17.8 Å². The van der Waals surface area contributed by atoms with Gasteiger partial charge in [0.05, 0.1) is 5.92 Å². The Hall–Kier alpha value is -1.51. The standard InChI is InChI=1S/C11H14N2O/c1-13(2)11(14)9-7-12-10-6-4-3-5-8(9)10/h3-6,9,12H,7H2,1-2H3. The summed E-state index contributed by atoms with van der Waals surface area (Å²) in [7, 11) is 3.59. The predicted molar refractivity (Wildman–Crippen MR) is 56.4 cm³/mol. The van der Waals surface area contributed by atoms with E-state index < -0.39 is 0 Å². The van der Waals surface area contributed by atoms with Crippen molar-refractivity contribution in [3.63, 3.8) is 0 Å². The van der Waals surface area contributed by atoms with Gasteiger partial charge in [0.15, 0.2) is 0 Å². The molecule has 1 amide bonds. The summed E-state index contributed by atoms with van der Waals surface area (Å²) < 4.78 is 0. The minimum absolute atomic E-state index is 0.0128. The van der Waals surface area contributed by atoms with Crippen LogP contribution in [-0.4, -0.2) is 31.4 Å². The summed E-state index contributed by atoms with van der Waals surface area (Å²) in [6.07, 6.45) is 0. The smallest absolute Gasteiger partial charge is 0.231 e. The van der Waals surface area contributed by atoms with Crippen molar-refractivity contribution in [1.82, 2.24) is 4.90 Å². The molecule has 1 aromatic rings. The summed E-state index contributed by atoms with van der Waals surface area (Å²) in [4.78, 5) is 13.4. The first kappa shape index (κ1) is 9.06. The Morgan fingerprint density at radius 3 is 2.86 bits per heavy atom. The van der Waals surface area contributed by atoms with Gasteiger partial charge >= 0.3 is 0 Å². The molecule has 0 aromatic heterocycles. The molecule has 1 aliphatic rings. The molecule has 2 rings (SSSR count). The molecule has 0 saturated carbocycles. The topological polar surface area (TPSA) is 32.3 Å². The molecule has 1 atom stereocenters. The van der Waals surface area contributed by atoms with E-state index in [1.165, 1.54) is 0 Å². The van der Waals surface area contributed by atoms with Crippen molar-refractivity contribution in [2.75, 3.05) is 26.0 Å². The van der Waals surface area contributed by atoms with Gasteiger partial charge in [-0.25, -0.2) is 0 Å². The molecule has 1 heterocycles. The Kier molecular flexibility index (Phi) is 2.15. The van der Waals surface area contributed by atoms with Crippen LogP contribution in [0.5, 0.6) is 0 Å². The van der Waals surface area contributed by atoms with Crippen LogP contribution in [0.1, 0.15) is 11.5 Å². The minimum Gasteiger partial charge on any atom is -0.384 e. The van der Waals surface area contributed by atoms with Crippen molar-refractivity contribution < 1.29 is 4.79 Å². The third kappa shape index (κ3) is 1.35. The normalized spacial score (nSPS) is 18.6. The molecule has 74 valence electrons. The number of benzene rings is 1. The van der Waals surface area contributed by atoms with E-state index in [2.05, 4.69) is 5.32 Å². The van der Waals surface area contributed by atoms with Crippen LogP contribution in [0, 0.1) is 0 Å². The number of para-hydroxylation sites is 1. The first-order valence-corrected chi connectivity index (χ1v) is 4.74. The highest BCUT2D eigenvalue weighted by Crippen LogP contribution is 2.31. The van der Waals surface area contributed by atoms with Crippen LogP contribution in [0.2, 0.25) is 0 Å². The number of fused-ring (bicyclic) bond motifs is 1. The molecule has 14 heavy (non-hydrogen) atoms. The molecule has 1 aromatic carbocycles. The highest BCUT2D eigenvalue weighted by Gasteiger charge is 2.28. The molecule has 0 fully saturated rings. The van der Waals surface area contributed by atoms with Gasteiger partial charge in [-0.3, -0.25) is 4.79 Å². The molecule has 3 heteroatoms. The summed E-state index contributed by atoms with van der Waals surface area (Å²) in [6, 6.07) is 7.98. The van der Waals surface area contributed by atoms with E-state index in [0.29, 0.717) is 0 Å². The van der Waals surface area contributed by atoms with Gasteiger partial charge in [-0.1, -0.05) is 18.2 Å². The van der Waals surface area contributed by atoms with E-state index in [1.54, 1.807) is 19.0 Å². The second kappa shape index (κ2) is 3.33. The first-order valence-electron chi connectivity index (χ1n) is 4.74. The van der Waals surface area contributed by atoms with Gasteiger partial charge in [0.2, 0.25) is 5.91 Å². The Morgan fingerprint density at radius 2 is 2.14 bits per heavy atom. The molecule has 3 nitrogen and oxygen atoms in total. The largest absolute Gasteiger partial charge is 0.384 e. The van der Waals surface area contributed by atoms with E-state index >= 15 is 0 Å². The maximum Gasteiger partial charge on any atom is 0.231 e. The van der Waals surface area contributed by atoms with E-state index in [1.807, 2.05) is 24.3 Å². The van der Waals surface area contributed by atoms with Crippen molar-refractivity contribution >= 4 is 11.6 Å². The molecular weight excluding hydrogens is 176 g/mol.